The fourth-order valence-corrected chi connectivity index (χ4v) is 2.00. The molecule has 0 bridgehead atoms. The Morgan fingerprint density at radius 2 is 1.82 bits per heavy atom. The molecule has 2 aromatic rings. The zero-order chi connectivity index (χ0) is 11.9. The molecule has 0 atom stereocenters. The molecule has 0 unspecified atom stereocenters. The molecule has 2 rings (SSSR count). The molecule has 0 radical (unpaired) electrons. The van der Waals surface area contributed by atoms with Gasteiger partial charge in [0, 0.05) is 31.2 Å². The molecule has 17 heavy (non-hydrogen) atoms. The predicted octanol–water partition coefficient (Wildman–Crippen LogP) is 3.55. The molecule has 0 aliphatic carbocycles. The summed E-state index contributed by atoms with van der Waals surface area (Å²) in [6.45, 7) is 4.30. The van der Waals surface area contributed by atoms with E-state index < -0.39 is 0 Å². The van der Waals surface area contributed by atoms with Gasteiger partial charge in [0.1, 0.15) is 0 Å². The molecular weight excluding hydrogens is 208 g/mol. The molecule has 2 heteroatoms. The van der Waals surface area contributed by atoms with Crippen LogP contribution in [0.5, 0.6) is 0 Å². The molecule has 0 saturated heterocycles. The highest BCUT2D eigenvalue weighted by Gasteiger charge is 1.97. The molecule has 1 aromatic carbocycles. The first kappa shape index (κ1) is 11.8. The molecule has 2 nitrogen and oxygen atoms in total. The van der Waals surface area contributed by atoms with Crippen molar-refractivity contribution in [3.63, 3.8) is 0 Å². The summed E-state index contributed by atoms with van der Waals surface area (Å²) in [6, 6.07) is 12.7. The molecule has 1 heterocycles. The fourth-order valence-electron chi connectivity index (χ4n) is 2.00. The second kappa shape index (κ2) is 6.14. The minimum absolute atomic E-state index is 1.02. The van der Waals surface area contributed by atoms with Crippen molar-refractivity contribution in [2.45, 2.75) is 26.3 Å². The minimum atomic E-state index is 1.02. The van der Waals surface area contributed by atoms with Gasteiger partial charge in [-0.1, -0.05) is 25.1 Å². The Balaban J connectivity index is 1.78. The number of hydrogen-bond acceptors (Lipinski definition) is 1. The summed E-state index contributed by atoms with van der Waals surface area (Å²) >= 11 is 0. The number of nitrogens with zero attached hydrogens (tertiary/aromatic N) is 1. The number of rotatable bonds is 6. The van der Waals surface area contributed by atoms with Gasteiger partial charge in [-0.3, -0.25) is 0 Å². The Kier molecular flexibility index (Phi) is 4.25. The molecule has 90 valence electrons. The highest BCUT2D eigenvalue weighted by molar-refractivity contribution is 5.50. The van der Waals surface area contributed by atoms with Crippen molar-refractivity contribution < 1.29 is 0 Å². The first-order valence-electron chi connectivity index (χ1n) is 6.32. The van der Waals surface area contributed by atoms with E-state index in [1.165, 1.54) is 11.3 Å². The van der Waals surface area contributed by atoms with Crippen molar-refractivity contribution in [2.75, 3.05) is 11.9 Å². The van der Waals surface area contributed by atoms with E-state index in [9.17, 15) is 0 Å². The van der Waals surface area contributed by atoms with Crippen LogP contribution in [-0.4, -0.2) is 11.1 Å². The Morgan fingerprint density at radius 1 is 1.06 bits per heavy atom. The normalized spacial score (nSPS) is 10.4. The van der Waals surface area contributed by atoms with Crippen LogP contribution in [-0.2, 0) is 13.0 Å². The second-order valence-corrected chi connectivity index (χ2v) is 4.21. The van der Waals surface area contributed by atoms with Crippen molar-refractivity contribution in [3.8, 4) is 0 Å². The summed E-state index contributed by atoms with van der Waals surface area (Å²) in [7, 11) is 0. The van der Waals surface area contributed by atoms with Gasteiger partial charge in [0.15, 0.2) is 0 Å². The maximum Gasteiger partial charge on any atom is 0.0372 e. The zero-order valence-corrected chi connectivity index (χ0v) is 10.4. The maximum absolute atomic E-state index is 3.51. The number of anilines is 1. The van der Waals surface area contributed by atoms with Crippen LogP contribution in [0.3, 0.4) is 0 Å². The number of nitrogens with one attached hydrogen (secondary N) is 1. The molecular formula is C15H20N2. The maximum atomic E-state index is 3.51. The number of benzene rings is 1. The van der Waals surface area contributed by atoms with E-state index in [4.69, 9.17) is 0 Å². The Bertz CT molecular complexity index is 432. The zero-order valence-electron chi connectivity index (χ0n) is 10.4. The number of para-hydroxylation sites is 1. The van der Waals surface area contributed by atoms with Crippen LogP contribution < -0.4 is 5.32 Å². The highest BCUT2D eigenvalue weighted by Crippen LogP contribution is 2.15. The summed E-state index contributed by atoms with van der Waals surface area (Å²) in [5.41, 5.74) is 2.68. The molecule has 0 aliphatic rings. The van der Waals surface area contributed by atoms with E-state index in [-0.39, 0.29) is 0 Å². The quantitative estimate of drug-likeness (QED) is 0.748. The average Bonchev–Trinajstić information content (AvgIpc) is 2.88. The topological polar surface area (TPSA) is 17.0 Å². The predicted molar refractivity (Wildman–Crippen MR) is 73.4 cm³/mol. The van der Waals surface area contributed by atoms with Gasteiger partial charge in [-0.15, -0.1) is 0 Å². The van der Waals surface area contributed by atoms with Crippen molar-refractivity contribution in [3.05, 3.63) is 54.4 Å². The minimum Gasteiger partial charge on any atom is -0.385 e. The first-order chi connectivity index (χ1) is 8.40. The number of hydrogen-bond donors (Lipinski definition) is 1. The molecule has 0 saturated carbocycles. The lowest BCUT2D eigenvalue weighted by molar-refractivity contribution is 0.665. The fraction of sp³-hybridized carbons (Fsp3) is 0.333. The van der Waals surface area contributed by atoms with E-state index in [0.29, 0.717) is 0 Å². The smallest absolute Gasteiger partial charge is 0.0372 e. The van der Waals surface area contributed by atoms with Gasteiger partial charge >= 0.3 is 0 Å². The lowest BCUT2D eigenvalue weighted by atomic mass is 10.1. The third-order valence-corrected chi connectivity index (χ3v) is 2.97. The van der Waals surface area contributed by atoms with E-state index >= 15 is 0 Å². The lowest BCUT2D eigenvalue weighted by Crippen LogP contribution is -2.07. The van der Waals surface area contributed by atoms with Gasteiger partial charge in [-0.2, -0.15) is 0 Å². The summed E-state index contributed by atoms with van der Waals surface area (Å²) < 4.78 is 2.22. The largest absolute Gasteiger partial charge is 0.385 e. The number of aryl methyl sites for hydroxylation is 2. The first-order valence-corrected chi connectivity index (χ1v) is 6.32. The molecule has 1 N–H and O–H groups in total. The van der Waals surface area contributed by atoms with Gasteiger partial charge in [0.2, 0.25) is 0 Å². The lowest BCUT2D eigenvalue weighted by Gasteiger charge is -2.10. The van der Waals surface area contributed by atoms with Gasteiger partial charge in [-0.25, -0.2) is 0 Å². The summed E-state index contributed by atoms with van der Waals surface area (Å²) in [4.78, 5) is 0. The standard InChI is InChI=1S/C15H20N2/c1-2-14-8-3-4-9-15(14)16-10-7-13-17-11-5-6-12-17/h3-6,8-9,11-12,16H,2,7,10,13H2,1H3. The molecule has 0 aliphatic heterocycles. The van der Waals surface area contributed by atoms with Gasteiger partial charge < -0.3 is 9.88 Å². The van der Waals surface area contributed by atoms with Crippen molar-refractivity contribution >= 4 is 5.69 Å². The van der Waals surface area contributed by atoms with Gasteiger partial charge in [0.25, 0.3) is 0 Å². The molecule has 1 aromatic heterocycles. The van der Waals surface area contributed by atoms with Crippen LogP contribution in [0.25, 0.3) is 0 Å². The highest BCUT2D eigenvalue weighted by atomic mass is 14.9. The summed E-state index contributed by atoms with van der Waals surface area (Å²) in [6.07, 6.45) is 6.45. The van der Waals surface area contributed by atoms with Gasteiger partial charge in [0.05, 0.1) is 0 Å². The van der Waals surface area contributed by atoms with Crippen molar-refractivity contribution in [1.82, 2.24) is 4.57 Å². The van der Waals surface area contributed by atoms with E-state index in [0.717, 1.165) is 25.9 Å². The van der Waals surface area contributed by atoms with Crippen LogP contribution in [0.4, 0.5) is 5.69 Å². The van der Waals surface area contributed by atoms with Crippen LogP contribution in [0.15, 0.2) is 48.8 Å². The third kappa shape index (κ3) is 3.38. The Morgan fingerprint density at radius 3 is 2.59 bits per heavy atom. The molecule has 0 fully saturated rings. The Labute approximate surface area is 103 Å². The summed E-state index contributed by atoms with van der Waals surface area (Å²) in [5, 5.41) is 3.51. The van der Waals surface area contributed by atoms with Crippen LogP contribution in [0.2, 0.25) is 0 Å². The second-order valence-electron chi connectivity index (χ2n) is 4.21. The average molecular weight is 228 g/mol. The van der Waals surface area contributed by atoms with Crippen molar-refractivity contribution in [2.24, 2.45) is 0 Å². The Hall–Kier alpha value is -1.70. The van der Waals surface area contributed by atoms with Crippen molar-refractivity contribution in [1.29, 1.82) is 0 Å². The van der Waals surface area contributed by atoms with Crippen LogP contribution in [0.1, 0.15) is 18.9 Å². The van der Waals surface area contributed by atoms with Crippen LogP contribution >= 0.6 is 0 Å². The summed E-state index contributed by atoms with van der Waals surface area (Å²) in [5.74, 6) is 0. The van der Waals surface area contributed by atoms with Gasteiger partial charge in [-0.05, 0) is 36.6 Å². The van der Waals surface area contributed by atoms with E-state index in [1.54, 1.807) is 0 Å². The van der Waals surface area contributed by atoms with E-state index in [2.05, 4.69) is 65.6 Å². The monoisotopic (exact) mass is 228 g/mol. The number of aromatic nitrogens is 1. The third-order valence-electron chi connectivity index (χ3n) is 2.97. The van der Waals surface area contributed by atoms with Crippen LogP contribution in [0, 0.1) is 0 Å². The molecule has 0 amide bonds. The molecule has 0 spiro atoms. The SMILES string of the molecule is CCc1ccccc1NCCCn1cccc1. The van der Waals surface area contributed by atoms with E-state index in [1.807, 2.05) is 0 Å².